The van der Waals surface area contributed by atoms with Gasteiger partial charge >= 0.3 is 6.09 Å². The minimum absolute atomic E-state index is 0.158. The maximum Gasteiger partial charge on any atom is 0.404 e. The van der Waals surface area contributed by atoms with E-state index in [1.807, 2.05) is 0 Å². The van der Waals surface area contributed by atoms with Crippen LogP contribution in [0.1, 0.15) is 6.92 Å². The van der Waals surface area contributed by atoms with Crippen LogP contribution in [0.3, 0.4) is 0 Å². The molecule has 0 rings (SSSR count). The fraction of sp³-hybridized carbons (Fsp3) is 0.750. The summed E-state index contributed by atoms with van der Waals surface area (Å²) in [5.74, 6) is 0.312. The van der Waals surface area contributed by atoms with Crippen molar-refractivity contribution < 1.29 is 9.90 Å². The largest absolute Gasteiger partial charge is 0.465 e. The summed E-state index contributed by atoms with van der Waals surface area (Å²) in [6.45, 7) is 1.70. The molecule has 0 heterocycles. The first kappa shape index (κ1) is 7.56. The summed E-state index contributed by atoms with van der Waals surface area (Å²) in [5, 5.41) is 10.2. The van der Waals surface area contributed by atoms with E-state index in [0.717, 1.165) is 0 Å². The van der Waals surface area contributed by atoms with Crippen molar-refractivity contribution in [1.29, 1.82) is 0 Å². The van der Waals surface area contributed by atoms with Gasteiger partial charge in [-0.25, -0.2) is 4.79 Å². The molecule has 3 nitrogen and oxygen atoms in total. The van der Waals surface area contributed by atoms with Crippen molar-refractivity contribution in [3.63, 3.8) is 0 Å². The molecule has 8 heavy (non-hydrogen) atoms. The van der Waals surface area contributed by atoms with E-state index in [1.54, 1.807) is 6.92 Å². The van der Waals surface area contributed by atoms with Crippen LogP contribution in [0.25, 0.3) is 0 Å². The fourth-order valence-corrected chi connectivity index (χ4v) is 0.327. The first-order chi connectivity index (χ1) is 3.66. The highest BCUT2D eigenvalue weighted by Gasteiger charge is 2.00. The Kier molecular flexibility index (Phi) is 3.35. The van der Waals surface area contributed by atoms with E-state index in [4.69, 9.17) is 16.7 Å². The summed E-state index contributed by atoms with van der Waals surface area (Å²) in [5.41, 5.74) is 0. The predicted octanol–water partition coefficient (Wildman–Crippen LogP) is 0.881. The molecule has 0 unspecified atom stereocenters. The third kappa shape index (κ3) is 3.74. The van der Waals surface area contributed by atoms with Crippen LogP contribution in [0.4, 0.5) is 4.79 Å². The average molecular weight is 138 g/mol. The van der Waals surface area contributed by atoms with Crippen molar-refractivity contribution in [3.8, 4) is 0 Å². The number of carboxylic acid groups (broad SMARTS) is 1. The molecule has 0 saturated carbocycles. The van der Waals surface area contributed by atoms with Gasteiger partial charge in [-0.05, 0) is 6.92 Å². The molecule has 0 bridgehead atoms. The minimum Gasteiger partial charge on any atom is -0.465 e. The molecule has 4 heteroatoms. The zero-order valence-corrected chi connectivity index (χ0v) is 5.27. The molecule has 0 saturated heterocycles. The quantitative estimate of drug-likeness (QED) is 0.555. The summed E-state index contributed by atoms with van der Waals surface area (Å²) >= 11 is 5.27. The van der Waals surface area contributed by atoms with Crippen molar-refractivity contribution in [2.75, 3.05) is 5.88 Å². The zero-order chi connectivity index (χ0) is 6.57. The van der Waals surface area contributed by atoms with Gasteiger partial charge in [0.2, 0.25) is 0 Å². The molecule has 0 aromatic heterocycles. The predicted molar refractivity (Wildman–Crippen MR) is 31.3 cm³/mol. The Balaban J connectivity index is 3.24. The van der Waals surface area contributed by atoms with Crippen LogP contribution < -0.4 is 5.32 Å². The van der Waals surface area contributed by atoms with Crippen molar-refractivity contribution >= 4 is 17.7 Å². The molecule has 0 aliphatic carbocycles. The molecule has 48 valence electrons. The Bertz CT molecular complexity index is 86.1. The average Bonchev–Trinajstić information content (AvgIpc) is 1.65. The third-order valence-corrected chi connectivity index (χ3v) is 1.06. The molecule has 1 amide bonds. The maximum atomic E-state index is 9.80. The fourth-order valence-electron chi connectivity index (χ4n) is 0.249. The highest BCUT2D eigenvalue weighted by Crippen LogP contribution is 1.83. The monoisotopic (exact) mass is 137 g/mol. The van der Waals surface area contributed by atoms with Gasteiger partial charge in [-0.15, -0.1) is 11.6 Å². The van der Waals surface area contributed by atoms with Crippen molar-refractivity contribution in [3.05, 3.63) is 0 Å². The van der Waals surface area contributed by atoms with E-state index in [0.29, 0.717) is 5.88 Å². The molecule has 0 fully saturated rings. The molecule has 0 aliphatic rings. The Morgan fingerprint density at radius 3 is 2.62 bits per heavy atom. The number of hydrogen-bond acceptors (Lipinski definition) is 1. The Morgan fingerprint density at radius 1 is 2.00 bits per heavy atom. The minimum atomic E-state index is -1.03. The summed E-state index contributed by atoms with van der Waals surface area (Å²) < 4.78 is 0. The summed E-state index contributed by atoms with van der Waals surface area (Å²) in [7, 11) is 0. The second-order valence-corrected chi connectivity index (χ2v) is 1.81. The molecule has 2 N–H and O–H groups in total. The Labute approximate surface area is 52.6 Å². The smallest absolute Gasteiger partial charge is 0.404 e. The molecule has 0 spiro atoms. The van der Waals surface area contributed by atoms with E-state index in [1.165, 1.54) is 0 Å². The summed E-state index contributed by atoms with van der Waals surface area (Å²) in [4.78, 5) is 9.80. The molecular weight excluding hydrogens is 130 g/mol. The Morgan fingerprint density at radius 2 is 2.50 bits per heavy atom. The van der Waals surface area contributed by atoms with Gasteiger partial charge < -0.3 is 10.4 Å². The van der Waals surface area contributed by atoms with Crippen LogP contribution in [0.15, 0.2) is 0 Å². The van der Waals surface area contributed by atoms with E-state index < -0.39 is 6.09 Å². The molecule has 1 atom stereocenters. The van der Waals surface area contributed by atoms with Crippen LogP contribution >= 0.6 is 11.6 Å². The lowest BCUT2D eigenvalue weighted by molar-refractivity contribution is 0.192. The van der Waals surface area contributed by atoms with Gasteiger partial charge in [-0.3, -0.25) is 0 Å². The standard InChI is InChI=1S/C4H8ClNO2/c1-3(2-5)6-4(7)8/h3,6H,2H2,1H3,(H,7,8)/t3-/m0/s1. The van der Waals surface area contributed by atoms with E-state index in [-0.39, 0.29) is 6.04 Å². The lowest BCUT2D eigenvalue weighted by Crippen LogP contribution is -2.32. The number of halogens is 1. The lowest BCUT2D eigenvalue weighted by Gasteiger charge is -2.04. The Hall–Kier alpha value is -0.440. The molecule has 0 aromatic carbocycles. The van der Waals surface area contributed by atoms with Crippen LogP contribution in [0, 0.1) is 0 Å². The number of nitrogens with one attached hydrogen (secondary N) is 1. The second-order valence-electron chi connectivity index (χ2n) is 1.50. The second kappa shape index (κ2) is 3.55. The van der Waals surface area contributed by atoms with E-state index in [2.05, 4.69) is 5.32 Å². The maximum absolute atomic E-state index is 9.80. The van der Waals surface area contributed by atoms with Crippen molar-refractivity contribution in [1.82, 2.24) is 5.32 Å². The van der Waals surface area contributed by atoms with Gasteiger partial charge in [0, 0.05) is 11.9 Å². The lowest BCUT2D eigenvalue weighted by atomic mass is 10.4. The number of hydrogen-bond donors (Lipinski definition) is 2. The van der Waals surface area contributed by atoms with E-state index in [9.17, 15) is 4.79 Å². The van der Waals surface area contributed by atoms with Crippen LogP contribution in [-0.4, -0.2) is 23.1 Å². The van der Waals surface area contributed by atoms with Crippen LogP contribution in [-0.2, 0) is 0 Å². The van der Waals surface area contributed by atoms with Gasteiger partial charge in [-0.2, -0.15) is 0 Å². The number of alkyl halides is 1. The molecular formula is C4H8ClNO2. The van der Waals surface area contributed by atoms with E-state index >= 15 is 0 Å². The number of rotatable bonds is 2. The molecule has 0 aromatic rings. The zero-order valence-electron chi connectivity index (χ0n) is 4.52. The molecule has 0 radical (unpaired) electrons. The number of carbonyl (C=O) groups is 1. The van der Waals surface area contributed by atoms with Crippen LogP contribution in [0.2, 0.25) is 0 Å². The summed E-state index contributed by atoms with van der Waals surface area (Å²) in [6.07, 6.45) is -1.03. The van der Waals surface area contributed by atoms with Gasteiger partial charge in [0.1, 0.15) is 0 Å². The van der Waals surface area contributed by atoms with Gasteiger partial charge in [0.25, 0.3) is 0 Å². The van der Waals surface area contributed by atoms with Gasteiger partial charge in [0.15, 0.2) is 0 Å². The van der Waals surface area contributed by atoms with Crippen molar-refractivity contribution in [2.24, 2.45) is 0 Å². The topological polar surface area (TPSA) is 49.3 Å². The van der Waals surface area contributed by atoms with Crippen molar-refractivity contribution in [2.45, 2.75) is 13.0 Å². The first-order valence-corrected chi connectivity index (χ1v) is 2.75. The first-order valence-electron chi connectivity index (χ1n) is 2.22. The van der Waals surface area contributed by atoms with Crippen LogP contribution in [0.5, 0.6) is 0 Å². The highest BCUT2D eigenvalue weighted by atomic mass is 35.5. The van der Waals surface area contributed by atoms with Gasteiger partial charge in [-0.1, -0.05) is 0 Å². The normalized spacial score (nSPS) is 12.8. The third-order valence-electron chi connectivity index (χ3n) is 0.601. The highest BCUT2D eigenvalue weighted by molar-refractivity contribution is 6.18. The van der Waals surface area contributed by atoms with Gasteiger partial charge in [0.05, 0.1) is 0 Å². The summed E-state index contributed by atoms with van der Waals surface area (Å²) in [6, 6.07) is -0.158. The number of amides is 1. The SMILES string of the molecule is C[C@@H](CCl)NC(=O)O. The molecule has 0 aliphatic heterocycles.